The fourth-order valence-corrected chi connectivity index (χ4v) is 8.84. The van der Waals surface area contributed by atoms with Gasteiger partial charge in [-0.1, -0.05) is 80.6 Å². The molecule has 17 N–H and O–H groups in total. The zero-order valence-corrected chi connectivity index (χ0v) is 39.8. The Morgan fingerprint density at radius 2 is 1.39 bits per heavy atom. The number of hydrogen-bond donors (Lipinski definition) is 12. The van der Waals surface area contributed by atoms with Crippen LogP contribution in [0.5, 0.6) is 0 Å². The molecule has 0 spiro atoms. The number of nitrogens with one attached hydrogen (secondary N) is 6. The van der Waals surface area contributed by atoms with Gasteiger partial charge in [-0.05, 0) is 91.3 Å². The number of aromatic nitrogens is 1. The van der Waals surface area contributed by atoms with Crippen LogP contribution in [0.4, 0.5) is 0 Å². The number of fused-ring (bicyclic) bond motifs is 2. The van der Waals surface area contributed by atoms with Crippen molar-refractivity contribution in [2.75, 3.05) is 13.1 Å². The lowest BCUT2D eigenvalue weighted by molar-refractivity contribution is -0.141. The van der Waals surface area contributed by atoms with Gasteiger partial charge in [0, 0.05) is 42.9 Å². The highest BCUT2D eigenvalue weighted by molar-refractivity contribution is 5.99. The summed E-state index contributed by atoms with van der Waals surface area (Å²) in [7, 11) is 0. The average Bonchev–Trinajstić information content (AvgIpc) is 3.73. The Bertz CT molecular complexity index is 2510. The van der Waals surface area contributed by atoms with Gasteiger partial charge in [-0.2, -0.15) is 0 Å². The number of rotatable bonds is 26. The van der Waals surface area contributed by atoms with Crippen molar-refractivity contribution in [3.8, 4) is 0 Å². The van der Waals surface area contributed by atoms with Crippen molar-refractivity contribution < 1.29 is 38.7 Å². The lowest BCUT2D eigenvalue weighted by atomic mass is 9.74. The van der Waals surface area contributed by atoms with E-state index in [0.717, 1.165) is 27.6 Å². The molecule has 0 saturated heterocycles. The van der Waals surface area contributed by atoms with E-state index in [2.05, 4.69) is 50.4 Å². The molecule has 1 heterocycles. The zero-order valence-electron chi connectivity index (χ0n) is 39.8. The molecular weight excluding hydrogens is 897 g/mol. The van der Waals surface area contributed by atoms with Crippen molar-refractivity contribution in [1.82, 2.24) is 31.6 Å². The summed E-state index contributed by atoms with van der Waals surface area (Å²) in [6.45, 7) is 4.57. The van der Waals surface area contributed by atoms with E-state index in [-0.39, 0.29) is 63.4 Å². The number of nitrogens with zero attached hydrogens (tertiary/aromatic N) is 1. The molecule has 20 heteroatoms. The van der Waals surface area contributed by atoms with Gasteiger partial charge in [0.05, 0.1) is 12.5 Å². The number of aromatic amines is 1. The molecule has 6 atom stereocenters. The second-order valence-corrected chi connectivity index (χ2v) is 18.2. The first-order chi connectivity index (χ1) is 33.4. The van der Waals surface area contributed by atoms with Crippen molar-refractivity contribution in [2.24, 2.45) is 33.7 Å². The Labute approximate surface area is 407 Å². The highest BCUT2D eigenvalue weighted by Crippen LogP contribution is 2.34. The molecule has 4 aromatic rings. The Hall–Kier alpha value is -7.32. The lowest BCUT2D eigenvalue weighted by Gasteiger charge is -2.40. The number of unbranched alkanes of at least 4 members (excludes halogenated alkanes) is 1. The third-order valence-corrected chi connectivity index (χ3v) is 12.6. The SMILES string of the molecule is CC(C)c1cccc2c1CCC(NC(=O)[C@@H](N)CC(=O)O)(C(=O)N[C@H](Cc1ccccc1)C(=O)N[C@@H](CCCN=C(N)N)C(=O)N[C@@H](Cc1c[nH]c3ccccc13)C(=O)N[C@@H](CCCCN)C(N)=O)C2. The number of carboxylic acid groups (broad SMARTS) is 1. The first-order valence-corrected chi connectivity index (χ1v) is 23.7. The normalized spacial score (nSPS) is 16.4. The topological polar surface area (TPSA) is 358 Å². The molecule has 0 saturated carbocycles. The van der Waals surface area contributed by atoms with Crippen LogP contribution in [0.1, 0.15) is 92.5 Å². The molecular formula is C50H68N12O8. The van der Waals surface area contributed by atoms with Gasteiger partial charge >= 0.3 is 5.97 Å². The van der Waals surface area contributed by atoms with Gasteiger partial charge in [-0.15, -0.1) is 0 Å². The molecule has 5 rings (SSSR count). The fourth-order valence-electron chi connectivity index (χ4n) is 8.84. The number of carbonyl (C=O) groups excluding carboxylic acids is 6. The van der Waals surface area contributed by atoms with Crippen LogP contribution < -0.4 is 55.3 Å². The monoisotopic (exact) mass is 965 g/mol. The lowest BCUT2D eigenvalue weighted by Crippen LogP contribution is -2.66. The summed E-state index contributed by atoms with van der Waals surface area (Å²) >= 11 is 0. The van der Waals surface area contributed by atoms with E-state index in [1.54, 1.807) is 36.5 Å². The highest BCUT2D eigenvalue weighted by atomic mass is 16.4. The van der Waals surface area contributed by atoms with Crippen LogP contribution in [0.2, 0.25) is 0 Å². The molecule has 1 aliphatic rings. The van der Waals surface area contributed by atoms with Crippen LogP contribution in [0.25, 0.3) is 10.9 Å². The van der Waals surface area contributed by atoms with Gasteiger partial charge in [-0.25, -0.2) is 0 Å². The Morgan fingerprint density at radius 3 is 2.06 bits per heavy atom. The van der Waals surface area contributed by atoms with Crippen molar-refractivity contribution in [1.29, 1.82) is 0 Å². The molecule has 0 aliphatic heterocycles. The Kier molecular flexibility index (Phi) is 19.4. The average molecular weight is 965 g/mol. The number of aliphatic imine (C=N–C) groups is 1. The van der Waals surface area contributed by atoms with Crippen molar-refractivity contribution in [3.63, 3.8) is 0 Å². The molecule has 0 radical (unpaired) electrons. The quantitative estimate of drug-likeness (QED) is 0.0233. The van der Waals surface area contributed by atoms with E-state index >= 15 is 0 Å². The molecule has 20 nitrogen and oxygen atoms in total. The molecule has 0 fully saturated rings. The maximum absolute atomic E-state index is 14.9. The molecule has 0 bridgehead atoms. The van der Waals surface area contributed by atoms with Crippen LogP contribution in [-0.2, 0) is 59.2 Å². The van der Waals surface area contributed by atoms with Crippen LogP contribution >= 0.6 is 0 Å². The maximum atomic E-state index is 14.9. The fraction of sp³-hybridized carbons (Fsp3) is 0.440. The number of para-hydroxylation sites is 1. The zero-order chi connectivity index (χ0) is 51.0. The van der Waals surface area contributed by atoms with Crippen molar-refractivity contribution in [3.05, 3.63) is 107 Å². The first kappa shape index (κ1) is 53.6. The minimum absolute atomic E-state index is 0.0132. The molecule has 1 aliphatic carbocycles. The summed E-state index contributed by atoms with van der Waals surface area (Å²) in [5, 5.41) is 24.2. The van der Waals surface area contributed by atoms with E-state index < -0.39 is 83.6 Å². The summed E-state index contributed by atoms with van der Waals surface area (Å²) in [5.74, 6) is -5.89. The summed E-state index contributed by atoms with van der Waals surface area (Å²) in [5.41, 5.74) is 32.0. The number of nitrogens with two attached hydrogens (primary N) is 5. The van der Waals surface area contributed by atoms with Crippen molar-refractivity contribution in [2.45, 2.75) is 126 Å². The van der Waals surface area contributed by atoms with Gasteiger partial charge < -0.3 is 65.3 Å². The van der Waals surface area contributed by atoms with Crippen LogP contribution in [0.3, 0.4) is 0 Å². The van der Waals surface area contributed by atoms with Crippen LogP contribution in [0, 0.1) is 0 Å². The summed E-state index contributed by atoms with van der Waals surface area (Å²) in [4.78, 5) is 103. The molecule has 3 aromatic carbocycles. The minimum Gasteiger partial charge on any atom is -0.481 e. The van der Waals surface area contributed by atoms with Gasteiger partial charge in [0.15, 0.2) is 5.96 Å². The van der Waals surface area contributed by atoms with E-state index in [4.69, 9.17) is 28.7 Å². The van der Waals surface area contributed by atoms with Gasteiger partial charge in [-0.3, -0.25) is 38.6 Å². The second kappa shape index (κ2) is 25.3. The highest BCUT2D eigenvalue weighted by Gasteiger charge is 2.45. The second-order valence-electron chi connectivity index (χ2n) is 18.2. The summed E-state index contributed by atoms with van der Waals surface area (Å²) in [6, 6.07) is 15.5. The molecule has 6 amide bonds. The number of primary amides is 1. The van der Waals surface area contributed by atoms with E-state index in [9.17, 15) is 38.7 Å². The Morgan fingerprint density at radius 1 is 0.743 bits per heavy atom. The van der Waals surface area contributed by atoms with Crippen LogP contribution in [-0.4, -0.2) is 106 Å². The smallest absolute Gasteiger partial charge is 0.305 e. The van der Waals surface area contributed by atoms with Crippen LogP contribution in [0.15, 0.2) is 84.0 Å². The van der Waals surface area contributed by atoms with Gasteiger partial charge in [0.2, 0.25) is 35.4 Å². The molecule has 376 valence electrons. The van der Waals surface area contributed by atoms with E-state index in [1.165, 1.54) is 0 Å². The van der Waals surface area contributed by atoms with E-state index in [1.807, 2.05) is 42.5 Å². The third kappa shape index (κ3) is 14.8. The van der Waals surface area contributed by atoms with Gasteiger partial charge in [0.25, 0.3) is 0 Å². The molecule has 1 aromatic heterocycles. The molecule has 70 heavy (non-hydrogen) atoms. The Balaban J connectivity index is 1.49. The number of carbonyl (C=O) groups is 7. The number of hydrogen-bond acceptors (Lipinski definition) is 10. The maximum Gasteiger partial charge on any atom is 0.305 e. The number of amides is 6. The standard InChI is InChI=1S/C50H68N12O8/c1-29(2)33-16-10-14-31-27-50(21-20-34(31)33,62-44(66)36(52)26-42(63)64)48(70)61-40(24-30-12-4-3-5-13-30)46(68)59-39(19-11-23-56-49(54)55)45(67)60-41(25-32-28-57-37-17-7-6-15-35(32)37)47(69)58-38(43(53)65)18-8-9-22-51/h3-7,10,12-17,28-29,36,38-41,57H,8-9,11,18-27,51-52H2,1-2H3,(H2,53,65)(H,58,69)(H,59,68)(H,60,67)(H,61,70)(H,62,66)(H,63,64)(H4,54,55,56)/t36-,38-,39-,40+,41-,50?/m0/s1. The first-order valence-electron chi connectivity index (χ1n) is 23.7. The number of guanidine groups is 1. The summed E-state index contributed by atoms with van der Waals surface area (Å²) < 4.78 is 0. The number of carboxylic acids is 1. The van der Waals surface area contributed by atoms with Gasteiger partial charge in [0.1, 0.15) is 29.7 Å². The third-order valence-electron chi connectivity index (χ3n) is 12.6. The summed E-state index contributed by atoms with van der Waals surface area (Å²) in [6.07, 6.45) is 2.92. The number of benzene rings is 3. The predicted octanol–water partition coefficient (Wildman–Crippen LogP) is 0.529. The molecule has 1 unspecified atom stereocenters. The number of aliphatic carboxylic acids is 1. The minimum atomic E-state index is -1.67. The predicted molar refractivity (Wildman–Crippen MR) is 266 cm³/mol. The number of H-pyrrole nitrogens is 1. The van der Waals surface area contributed by atoms with Crippen molar-refractivity contribution >= 4 is 58.3 Å². The van der Waals surface area contributed by atoms with E-state index in [0.29, 0.717) is 36.9 Å². The largest absolute Gasteiger partial charge is 0.481 e.